The van der Waals surface area contributed by atoms with E-state index in [-0.39, 0.29) is 11.3 Å². The van der Waals surface area contributed by atoms with Crippen molar-refractivity contribution in [3.63, 3.8) is 0 Å². The summed E-state index contributed by atoms with van der Waals surface area (Å²) in [5.74, 6) is -0.109. The second kappa shape index (κ2) is 5.52. The summed E-state index contributed by atoms with van der Waals surface area (Å²) in [4.78, 5) is 14.6. The molecule has 2 rings (SSSR count). The van der Waals surface area contributed by atoms with E-state index in [0.29, 0.717) is 5.75 Å². The first-order chi connectivity index (χ1) is 8.81. The Morgan fingerprint density at radius 2 is 1.72 bits per heavy atom. The molecule has 0 bridgehead atoms. The Balaban J connectivity index is 2.27. The zero-order valence-corrected chi connectivity index (χ0v) is 9.35. The number of hydrogen-bond acceptors (Lipinski definition) is 3. The lowest BCUT2D eigenvalue weighted by atomic mass is 10.2. The number of carbonyl (C=O) groups excluding carboxylic acids is 1. The van der Waals surface area contributed by atoms with E-state index in [9.17, 15) is 4.79 Å². The Hall–Kier alpha value is -2.78. The fourth-order valence-electron chi connectivity index (χ4n) is 1.43. The fraction of sp³-hybridized carbons (Fsp3) is 0. The highest BCUT2D eigenvalue weighted by Gasteiger charge is 2.11. The molecular weight excluding hydrogens is 230 g/mol. The molecule has 18 heavy (non-hydrogen) atoms. The second-order valence-electron chi connectivity index (χ2n) is 3.41. The Kier molecular flexibility index (Phi) is 3.59. The molecule has 0 spiro atoms. The van der Waals surface area contributed by atoms with Crippen molar-refractivity contribution < 1.29 is 9.53 Å². The molecule has 0 saturated carbocycles. The maximum atomic E-state index is 11.9. The maximum Gasteiger partial charge on any atom is 0.343 e. The first kappa shape index (κ1) is 11.7. The van der Waals surface area contributed by atoms with E-state index in [2.05, 4.69) is 10.0 Å². The van der Waals surface area contributed by atoms with Crippen LogP contribution in [0.3, 0.4) is 0 Å². The van der Waals surface area contributed by atoms with Gasteiger partial charge in [0.15, 0.2) is 0 Å². The van der Waals surface area contributed by atoms with E-state index >= 15 is 0 Å². The van der Waals surface area contributed by atoms with Crippen molar-refractivity contribution in [3.8, 4) is 5.75 Å². The van der Waals surface area contributed by atoms with Crippen molar-refractivity contribution in [3.05, 3.63) is 70.6 Å². The first-order valence-corrected chi connectivity index (χ1v) is 5.22. The summed E-state index contributed by atoms with van der Waals surface area (Å²) in [6.07, 6.45) is 0. The largest absolute Gasteiger partial charge is 0.423 e. The molecule has 0 N–H and O–H groups in total. The van der Waals surface area contributed by atoms with Crippen molar-refractivity contribution in [2.45, 2.75) is 0 Å². The van der Waals surface area contributed by atoms with Gasteiger partial charge in [0.05, 0.1) is 11.3 Å². The predicted octanol–water partition coefficient (Wildman–Crippen LogP) is 3.85. The SMILES string of the molecule is [N-]=[N+]=Nc1ccccc1C(=O)Oc1ccccc1. The number of para-hydroxylation sites is 1. The van der Waals surface area contributed by atoms with Gasteiger partial charge >= 0.3 is 5.97 Å². The van der Waals surface area contributed by atoms with Gasteiger partial charge in [0, 0.05) is 4.91 Å². The third kappa shape index (κ3) is 2.66. The van der Waals surface area contributed by atoms with Crippen LogP contribution >= 0.6 is 0 Å². The third-order valence-electron chi connectivity index (χ3n) is 2.23. The molecule has 5 nitrogen and oxygen atoms in total. The van der Waals surface area contributed by atoms with E-state index < -0.39 is 5.97 Å². The summed E-state index contributed by atoms with van der Waals surface area (Å²) in [7, 11) is 0. The third-order valence-corrected chi connectivity index (χ3v) is 2.23. The van der Waals surface area contributed by atoms with Crippen LogP contribution in [0.5, 0.6) is 5.75 Å². The minimum absolute atomic E-state index is 0.235. The van der Waals surface area contributed by atoms with Crippen LogP contribution in [0.15, 0.2) is 59.7 Å². The lowest BCUT2D eigenvalue weighted by Crippen LogP contribution is -2.08. The predicted molar refractivity (Wildman–Crippen MR) is 66.6 cm³/mol. The molecule has 0 aliphatic heterocycles. The number of ether oxygens (including phenoxy) is 1. The van der Waals surface area contributed by atoms with Crippen molar-refractivity contribution in [2.75, 3.05) is 0 Å². The van der Waals surface area contributed by atoms with Crippen molar-refractivity contribution >= 4 is 11.7 Å². The van der Waals surface area contributed by atoms with Crippen LogP contribution in [0.4, 0.5) is 5.69 Å². The molecule has 0 aromatic heterocycles. The number of azide groups is 1. The summed E-state index contributed by atoms with van der Waals surface area (Å²) in [6.45, 7) is 0. The Morgan fingerprint density at radius 3 is 2.44 bits per heavy atom. The summed E-state index contributed by atoms with van der Waals surface area (Å²) >= 11 is 0. The molecule has 0 radical (unpaired) electrons. The highest BCUT2D eigenvalue weighted by Crippen LogP contribution is 2.21. The minimum atomic E-state index is -0.552. The van der Waals surface area contributed by atoms with E-state index in [4.69, 9.17) is 10.3 Å². The summed E-state index contributed by atoms with van der Waals surface area (Å²) in [5, 5.41) is 3.45. The van der Waals surface area contributed by atoms with Crippen LogP contribution in [-0.2, 0) is 0 Å². The summed E-state index contributed by atoms with van der Waals surface area (Å²) in [6, 6.07) is 15.2. The second-order valence-corrected chi connectivity index (χ2v) is 3.41. The van der Waals surface area contributed by atoms with Gasteiger partial charge in [-0.15, -0.1) is 0 Å². The van der Waals surface area contributed by atoms with E-state index in [1.165, 1.54) is 0 Å². The van der Waals surface area contributed by atoms with Gasteiger partial charge < -0.3 is 4.74 Å². The Morgan fingerprint density at radius 1 is 1.06 bits per heavy atom. The molecule has 0 amide bonds. The molecule has 2 aromatic rings. The highest BCUT2D eigenvalue weighted by molar-refractivity contribution is 5.96. The van der Waals surface area contributed by atoms with E-state index in [0.717, 1.165) is 0 Å². The topological polar surface area (TPSA) is 75.1 Å². The van der Waals surface area contributed by atoms with Gasteiger partial charge in [0.25, 0.3) is 0 Å². The lowest BCUT2D eigenvalue weighted by Gasteiger charge is -2.05. The van der Waals surface area contributed by atoms with Crippen molar-refractivity contribution in [1.82, 2.24) is 0 Å². The van der Waals surface area contributed by atoms with Crippen LogP contribution in [0.2, 0.25) is 0 Å². The Labute approximate surface area is 103 Å². The molecule has 0 heterocycles. The van der Waals surface area contributed by atoms with Crippen LogP contribution in [-0.4, -0.2) is 5.97 Å². The van der Waals surface area contributed by atoms with Gasteiger partial charge in [-0.3, -0.25) is 0 Å². The van der Waals surface area contributed by atoms with Gasteiger partial charge in [-0.1, -0.05) is 41.5 Å². The van der Waals surface area contributed by atoms with E-state index in [1.54, 1.807) is 48.5 Å². The van der Waals surface area contributed by atoms with Gasteiger partial charge in [-0.05, 0) is 23.7 Å². The van der Waals surface area contributed by atoms with Crippen LogP contribution in [0, 0.1) is 0 Å². The molecule has 0 fully saturated rings. The number of carbonyl (C=O) groups is 1. The smallest absolute Gasteiger partial charge is 0.343 e. The van der Waals surface area contributed by atoms with Crippen LogP contribution < -0.4 is 4.74 Å². The summed E-state index contributed by atoms with van der Waals surface area (Å²) in [5.41, 5.74) is 8.91. The maximum absolute atomic E-state index is 11.9. The number of rotatable bonds is 3. The van der Waals surface area contributed by atoms with E-state index in [1.807, 2.05) is 6.07 Å². The summed E-state index contributed by atoms with van der Waals surface area (Å²) < 4.78 is 5.17. The number of hydrogen-bond donors (Lipinski definition) is 0. The van der Waals surface area contributed by atoms with Crippen LogP contribution in [0.25, 0.3) is 10.4 Å². The van der Waals surface area contributed by atoms with Crippen molar-refractivity contribution in [1.29, 1.82) is 0 Å². The fourth-order valence-corrected chi connectivity index (χ4v) is 1.43. The molecule has 0 atom stereocenters. The molecule has 0 unspecified atom stereocenters. The van der Waals surface area contributed by atoms with Gasteiger partial charge in [-0.2, -0.15) is 0 Å². The molecule has 0 aliphatic rings. The number of benzene rings is 2. The van der Waals surface area contributed by atoms with Crippen molar-refractivity contribution in [2.24, 2.45) is 5.11 Å². The minimum Gasteiger partial charge on any atom is -0.423 e. The molecule has 88 valence electrons. The number of esters is 1. The quantitative estimate of drug-likeness (QED) is 0.268. The standard InChI is InChI=1S/C13H9N3O2/c14-16-15-12-9-5-4-8-11(12)13(17)18-10-6-2-1-3-7-10/h1-9H. The highest BCUT2D eigenvalue weighted by atomic mass is 16.5. The van der Waals surface area contributed by atoms with Gasteiger partial charge in [0.2, 0.25) is 0 Å². The molecule has 0 aliphatic carbocycles. The lowest BCUT2D eigenvalue weighted by molar-refractivity contribution is 0.0735. The van der Waals surface area contributed by atoms with Crippen LogP contribution in [0.1, 0.15) is 10.4 Å². The normalized spacial score (nSPS) is 9.33. The zero-order valence-electron chi connectivity index (χ0n) is 9.35. The average Bonchev–Trinajstić information content (AvgIpc) is 2.41. The van der Waals surface area contributed by atoms with Gasteiger partial charge in [0.1, 0.15) is 5.75 Å². The number of nitrogens with zero attached hydrogens (tertiary/aromatic N) is 3. The average molecular weight is 239 g/mol. The molecular formula is C13H9N3O2. The molecule has 5 heteroatoms. The van der Waals surface area contributed by atoms with Gasteiger partial charge in [-0.25, -0.2) is 4.79 Å². The molecule has 2 aromatic carbocycles. The monoisotopic (exact) mass is 239 g/mol. The first-order valence-electron chi connectivity index (χ1n) is 5.22. The zero-order chi connectivity index (χ0) is 12.8. The Bertz CT molecular complexity index is 605. The molecule has 0 saturated heterocycles.